The molecule has 2 aliphatic heterocycles. The minimum absolute atomic E-state index is 0.0601. The molecule has 0 aromatic heterocycles. The van der Waals surface area contributed by atoms with E-state index in [-0.39, 0.29) is 35.6 Å². The molecule has 0 saturated carbocycles. The number of sulfonamides is 1. The maximum absolute atomic E-state index is 13.1. The lowest BCUT2D eigenvalue weighted by atomic mass is 9.97. The standard InChI is InChI=1S/C25H31N3O4S/c1-19(29)21-8-7-9-22(18-21)33(31,32)28-16-12-20(13-17-28)25(30)26-23-10-3-4-11-24(23)27-14-5-2-6-15-27/h3-4,7-11,18,20H,2,5-6,12-17H2,1H3,(H,26,30). The van der Waals surface area contributed by atoms with E-state index in [1.54, 1.807) is 12.1 Å². The van der Waals surface area contributed by atoms with Crippen molar-refractivity contribution in [1.29, 1.82) is 0 Å². The lowest BCUT2D eigenvalue weighted by Gasteiger charge is -2.32. The molecule has 2 aliphatic rings. The van der Waals surface area contributed by atoms with Gasteiger partial charge in [-0.05, 0) is 63.3 Å². The topological polar surface area (TPSA) is 86.8 Å². The Morgan fingerprint density at radius 1 is 0.909 bits per heavy atom. The van der Waals surface area contributed by atoms with Gasteiger partial charge in [0.05, 0.1) is 16.3 Å². The number of carbonyl (C=O) groups is 2. The van der Waals surface area contributed by atoms with Crippen LogP contribution in [0.3, 0.4) is 0 Å². The van der Waals surface area contributed by atoms with Gasteiger partial charge in [-0.25, -0.2) is 8.42 Å². The van der Waals surface area contributed by atoms with Crippen LogP contribution in [0.5, 0.6) is 0 Å². The van der Waals surface area contributed by atoms with Crippen molar-refractivity contribution in [3.05, 3.63) is 54.1 Å². The molecule has 1 amide bonds. The Labute approximate surface area is 195 Å². The summed E-state index contributed by atoms with van der Waals surface area (Å²) in [6.07, 6.45) is 4.48. The number of benzene rings is 2. The van der Waals surface area contributed by atoms with E-state index in [4.69, 9.17) is 0 Å². The maximum atomic E-state index is 13.1. The Hall–Kier alpha value is -2.71. The van der Waals surface area contributed by atoms with Gasteiger partial charge < -0.3 is 10.2 Å². The highest BCUT2D eigenvalue weighted by atomic mass is 32.2. The normalized spacial score (nSPS) is 18.2. The molecule has 1 N–H and O–H groups in total. The van der Waals surface area contributed by atoms with E-state index in [1.807, 2.05) is 24.3 Å². The second-order valence-corrected chi connectivity index (χ2v) is 10.8. The molecule has 0 radical (unpaired) electrons. The van der Waals surface area contributed by atoms with Gasteiger partial charge in [0.15, 0.2) is 5.78 Å². The van der Waals surface area contributed by atoms with Gasteiger partial charge in [-0.2, -0.15) is 4.31 Å². The van der Waals surface area contributed by atoms with Crippen LogP contribution in [0.25, 0.3) is 0 Å². The molecule has 2 aromatic carbocycles. The Morgan fingerprint density at radius 3 is 2.30 bits per heavy atom. The second kappa shape index (κ2) is 10.1. The first-order valence-electron chi connectivity index (χ1n) is 11.6. The minimum atomic E-state index is -3.70. The lowest BCUT2D eigenvalue weighted by molar-refractivity contribution is -0.120. The highest BCUT2D eigenvalue weighted by molar-refractivity contribution is 7.89. The number of hydrogen-bond donors (Lipinski definition) is 1. The number of nitrogens with zero attached hydrogens (tertiary/aromatic N) is 2. The molecular formula is C25H31N3O4S. The highest BCUT2D eigenvalue weighted by Gasteiger charge is 2.32. The number of piperidine rings is 2. The summed E-state index contributed by atoms with van der Waals surface area (Å²) in [7, 11) is -3.70. The van der Waals surface area contributed by atoms with Crippen molar-refractivity contribution in [2.24, 2.45) is 5.92 Å². The minimum Gasteiger partial charge on any atom is -0.370 e. The second-order valence-electron chi connectivity index (χ2n) is 8.82. The molecule has 33 heavy (non-hydrogen) atoms. The van der Waals surface area contributed by atoms with Gasteiger partial charge in [0, 0.05) is 37.7 Å². The number of Topliss-reactive ketones (excluding diaryl/α,β-unsaturated/α-hetero) is 1. The van der Waals surface area contributed by atoms with Crippen molar-refractivity contribution in [3.63, 3.8) is 0 Å². The fourth-order valence-corrected chi connectivity index (χ4v) is 6.12. The van der Waals surface area contributed by atoms with Crippen LogP contribution >= 0.6 is 0 Å². The lowest BCUT2D eigenvalue weighted by Crippen LogP contribution is -2.41. The first-order valence-corrected chi connectivity index (χ1v) is 13.1. The summed E-state index contributed by atoms with van der Waals surface area (Å²) in [5.41, 5.74) is 2.24. The molecule has 4 rings (SSSR count). The number of nitrogens with one attached hydrogen (secondary N) is 1. The number of anilines is 2. The average molecular weight is 470 g/mol. The van der Waals surface area contributed by atoms with E-state index in [0.29, 0.717) is 18.4 Å². The first-order chi connectivity index (χ1) is 15.9. The maximum Gasteiger partial charge on any atom is 0.243 e. The quantitative estimate of drug-likeness (QED) is 0.648. The van der Waals surface area contributed by atoms with E-state index in [2.05, 4.69) is 10.2 Å². The van der Waals surface area contributed by atoms with Crippen molar-refractivity contribution in [1.82, 2.24) is 4.31 Å². The molecule has 0 unspecified atom stereocenters. The van der Waals surface area contributed by atoms with Gasteiger partial charge in [0.2, 0.25) is 15.9 Å². The van der Waals surface area contributed by atoms with Crippen molar-refractivity contribution < 1.29 is 18.0 Å². The molecule has 0 atom stereocenters. The van der Waals surface area contributed by atoms with Crippen LogP contribution in [0.4, 0.5) is 11.4 Å². The van der Waals surface area contributed by atoms with Crippen LogP contribution in [0.2, 0.25) is 0 Å². The van der Waals surface area contributed by atoms with Gasteiger partial charge in [-0.3, -0.25) is 9.59 Å². The summed E-state index contributed by atoms with van der Waals surface area (Å²) in [6.45, 7) is 3.96. The van der Waals surface area contributed by atoms with Crippen LogP contribution < -0.4 is 10.2 Å². The summed E-state index contributed by atoms with van der Waals surface area (Å²) in [5, 5.41) is 3.10. The van der Waals surface area contributed by atoms with Gasteiger partial charge in [-0.15, -0.1) is 0 Å². The van der Waals surface area contributed by atoms with E-state index < -0.39 is 10.0 Å². The molecule has 2 fully saturated rings. The molecule has 2 heterocycles. The Kier molecular flexibility index (Phi) is 7.14. The molecule has 0 bridgehead atoms. The third-order valence-electron chi connectivity index (χ3n) is 6.56. The molecule has 0 spiro atoms. The number of amides is 1. The highest BCUT2D eigenvalue weighted by Crippen LogP contribution is 2.30. The van der Waals surface area contributed by atoms with Gasteiger partial charge >= 0.3 is 0 Å². The third-order valence-corrected chi connectivity index (χ3v) is 8.46. The van der Waals surface area contributed by atoms with Gasteiger partial charge in [0.1, 0.15) is 0 Å². The van der Waals surface area contributed by atoms with Crippen LogP contribution in [0.15, 0.2) is 53.4 Å². The van der Waals surface area contributed by atoms with Gasteiger partial charge in [0.25, 0.3) is 0 Å². The number of para-hydroxylation sites is 2. The van der Waals surface area contributed by atoms with Crippen molar-refractivity contribution in [3.8, 4) is 0 Å². The van der Waals surface area contributed by atoms with Crippen LogP contribution in [0.1, 0.15) is 49.4 Å². The van der Waals surface area contributed by atoms with E-state index in [1.165, 1.54) is 29.8 Å². The van der Waals surface area contributed by atoms with Crippen LogP contribution in [-0.2, 0) is 14.8 Å². The molecule has 2 aromatic rings. The van der Waals surface area contributed by atoms with Crippen molar-refractivity contribution in [2.45, 2.75) is 43.9 Å². The van der Waals surface area contributed by atoms with Crippen LogP contribution in [-0.4, -0.2) is 50.6 Å². The molecule has 176 valence electrons. The summed E-state index contributed by atoms with van der Waals surface area (Å²) in [5.74, 6) is -0.475. The fourth-order valence-electron chi connectivity index (χ4n) is 4.61. The zero-order valence-electron chi connectivity index (χ0n) is 19.0. The third kappa shape index (κ3) is 5.28. The fraction of sp³-hybridized carbons (Fsp3) is 0.440. The van der Waals surface area contributed by atoms with E-state index in [9.17, 15) is 18.0 Å². The molecular weight excluding hydrogens is 438 g/mol. The summed E-state index contributed by atoms with van der Waals surface area (Å²) >= 11 is 0. The average Bonchev–Trinajstić information content (AvgIpc) is 2.85. The summed E-state index contributed by atoms with van der Waals surface area (Å²) in [6, 6.07) is 14.0. The predicted molar refractivity (Wildman–Crippen MR) is 129 cm³/mol. The zero-order chi connectivity index (χ0) is 23.4. The Bertz CT molecular complexity index is 1120. The first kappa shape index (κ1) is 23.4. The van der Waals surface area contributed by atoms with E-state index in [0.717, 1.165) is 37.3 Å². The van der Waals surface area contributed by atoms with Gasteiger partial charge in [-0.1, -0.05) is 24.3 Å². The number of carbonyl (C=O) groups excluding carboxylic acids is 2. The molecule has 8 heteroatoms. The summed E-state index contributed by atoms with van der Waals surface area (Å²) < 4.78 is 27.5. The van der Waals surface area contributed by atoms with Crippen LogP contribution in [0, 0.1) is 5.92 Å². The van der Waals surface area contributed by atoms with E-state index >= 15 is 0 Å². The van der Waals surface area contributed by atoms with Crippen molar-refractivity contribution in [2.75, 3.05) is 36.4 Å². The predicted octanol–water partition coefficient (Wildman–Crippen LogP) is 3.92. The Morgan fingerprint density at radius 2 is 1.61 bits per heavy atom. The number of rotatable bonds is 6. The number of ketones is 1. The zero-order valence-corrected chi connectivity index (χ0v) is 19.8. The summed E-state index contributed by atoms with van der Waals surface area (Å²) in [4.78, 5) is 27.1. The SMILES string of the molecule is CC(=O)c1cccc(S(=O)(=O)N2CCC(C(=O)Nc3ccccc3N3CCCCC3)CC2)c1. The smallest absolute Gasteiger partial charge is 0.243 e. The Balaban J connectivity index is 1.40. The number of hydrogen-bond acceptors (Lipinski definition) is 5. The van der Waals surface area contributed by atoms with Crippen molar-refractivity contribution >= 4 is 33.1 Å². The molecule has 0 aliphatic carbocycles. The monoisotopic (exact) mass is 469 g/mol. The molecule has 2 saturated heterocycles. The molecule has 7 nitrogen and oxygen atoms in total. The largest absolute Gasteiger partial charge is 0.370 e.